The monoisotopic (exact) mass is 273 g/mol. The molecule has 6 nitrogen and oxygen atoms in total. The molecular formula is C11H19N3O3S. The van der Waals surface area contributed by atoms with Crippen molar-refractivity contribution in [2.45, 2.75) is 50.3 Å². The van der Waals surface area contributed by atoms with Crippen LogP contribution < -0.4 is 0 Å². The van der Waals surface area contributed by atoms with E-state index in [2.05, 4.69) is 9.97 Å². The lowest BCUT2D eigenvalue weighted by Crippen LogP contribution is -2.37. The standard InChI is InChI=1S/C11H19N3O3S/c1-8(15)6-10-4-3-5-14(10)18(16,17)11-7-12-9(2)13-11/h7-8,10,15H,3-6H2,1-2H3,(H,12,13). The van der Waals surface area contributed by atoms with Gasteiger partial charge in [0.05, 0.1) is 12.3 Å². The fourth-order valence-electron chi connectivity index (χ4n) is 2.41. The van der Waals surface area contributed by atoms with Gasteiger partial charge in [0.2, 0.25) is 0 Å². The molecule has 1 aromatic rings. The van der Waals surface area contributed by atoms with Gasteiger partial charge >= 0.3 is 0 Å². The Morgan fingerprint density at radius 2 is 2.39 bits per heavy atom. The highest BCUT2D eigenvalue weighted by Crippen LogP contribution is 2.27. The van der Waals surface area contributed by atoms with Gasteiger partial charge in [0.25, 0.3) is 10.0 Å². The number of aromatic nitrogens is 2. The van der Waals surface area contributed by atoms with E-state index in [4.69, 9.17) is 0 Å². The molecule has 0 spiro atoms. The maximum atomic E-state index is 12.4. The van der Waals surface area contributed by atoms with Crippen LogP contribution in [0.1, 0.15) is 32.0 Å². The molecule has 0 aromatic carbocycles. The molecule has 1 aromatic heterocycles. The summed E-state index contributed by atoms with van der Waals surface area (Å²) in [7, 11) is -3.51. The van der Waals surface area contributed by atoms with Crippen LogP contribution >= 0.6 is 0 Å². The number of H-pyrrole nitrogens is 1. The Morgan fingerprint density at radius 3 is 2.94 bits per heavy atom. The Labute approximate surface area is 107 Å². The van der Waals surface area contributed by atoms with Crippen LogP contribution in [-0.2, 0) is 10.0 Å². The van der Waals surface area contributed by atoms with Crippen LogP contribution in [0, 0.1) is 6.92 Å². The molecule has 1 aliphatic rings. The van der Waals surface area contributed by atoms with E-state index in [1.807, 2.05) is 0 Å². The van der Waals surface area contributed by atoms with E-state index in [1.165, 1.54) is 10.5 Å². The summed E-state index contributed by atoms with van der Waals surface area (Å²) in [4.78, 5) is 6.69. The van der Waals surface area contributed by atoms with Crippen LogP contribution in [0.2, 0.25) is 0 Å². The number of nitrogens with zero attached hydrogens (tertiary/aromatic N) is 2. The Balaban J connectivity index is 2.24. The number of nitrogens with one attached hydrogen (secondary N) is 1. The molecule has 2 N–H and O–H groups in total. The minimum atomic E-state index is -3.51. The van der Waals surface area contributed by atoms with Gasteiger partial charge in [0.15, 0.2) is 5.03 Å². The molecule has 2 heterocycles. The van der Waals surface area contributed by atoms with Gasteiger partial charge in [-0.2, -0.15) is 4.31 Å². The predicted molar refractivity (Wildman–Crippen MR) is 66.5 cm³/mol. The number of sulfonamides is 1. The summed E-state index contributed by atoms with van der Waals surface area (Å²) < 4.78 is 26.3. The van der Waals surface area contributed by atoms with Crippen molar-refractivity contribution in [3.63, 3.8) is 0 Å². The molecule has 0 aliphatic carbocycles. The number of aliphatic hydroxyl groups excluding tert-OH is 1. The van der Waals surface area contributed by atoms with Crippen molar-refractivity contribution < 1.29 is 13.5 Å². The molecule has 1 saturated heterocycles. The van der Waals surface area contributed by atoms with Crippen LogP contribution in [0.4, 0.5) is 0 Å². The molecule has 2 unspecified atom stereocenters. The number of imidazole rings is 1. The smallest absolute Gasteiger partial charge is 0.260 e. The second-order valence-electron chi connectivity index (χ2n) is 4.83. The first-order valence-corrected chi connectivity index (χ1v) is 7.57. The molecule has 102 valence electrons. The van der Waals surface area contributed by atoms with E-state index < -0.39 is 16.1 Å². The molecule has 1 fully saturated rings. The van der Waals surface area contributed by atoms with E-state index in [9.17, 15) is 13.5 Å². The predicted octanol–water partition coefficient (Wildman–Crippen LogP) is 0.642. The number of rotatable bonds is 4. The Hall–Kier alpha value is -0.920. The highest BCUT2D eigenvalue weighted by molar-refractivity contribution is 7.89. The van der Waals surface area contributed by atoms with Gasteiger partial charge in [0.1, 0.15) is 5.82 Å². The van der Waals surface area contributed by atoms with Gasteiger partial charge in [-0.05, 0) is 33.1 Å². The van der Waals surface area contributed by atoms with Gasteiger partial charge in [-0.3, -0.25) is 0 Å². The maximum Gasteiger partial charge on any atom is 0.260 e. The highest BCUT2D eigenvalue weighted by atomic mass is 32.2. The number of aliphatic hydroxyl groups is 1. The third-order valence-corrected chi connectivity index (χ3v) is 5.06. The van der Waals surface area contributed by atoms with Crippen molar-refractivity contribution in [3.8, 4) is 0 Å². The van der Waals surface area contributed by atoms with Crippen LogP contribution in [0.15, 0.2) is 11.2 Å². The average molecular weight is 273 g/mol. The first kappa shape index (κ1) is 13.5. The summed E-state index contributed by atoms with van der Waals surface area (Å²) >= 11 is 0. The van der Waals surface area contributed by atoms with Gasteiger partial charge in [-0.25, -0.2) is 13.4 Å². The van der Waals surface area contributed by atoms with Gasteiger partial charge in [-0.1, -0.05) is 0 Å². The normalized spacial score (nSPS) is 23.4. The minimum absolute atomic E-state index is 0.112. The van der Waals surface area contributed by atoms with Crippen molar-refractivity contribution >= 4 is 10.0 Å². The largest absolute Gasteiger partial charge is 0.393 e. The first-order chi connectivity index (χ1) is 8.41. The Morgan fingerprint density at radius 1 is 1.67 bits per heavy atom. The van der Waals surface area contributed by atoms with Crippen molar-refractivity contribution in [3.05, 3.63) is 12.0 Å². The van der Waals surface area contributed by atoms with Gasteiger partial charge in [-0.15, -0.1) is 0 Å². The molecule has 0 saturated carbocycles. The average Bonchev–Trinajstić information content (AvgIpc) is 2.86. The number of aromatic amines is 1. The molecule has 0 amide bonds. The number of hydrogen-bond donors (Lipinski definition) is 2. The highest BCUT2D eigenvalue weighted by Gasteiger charge is 2.36. The van der Waals surface area contributed by atoms with Crippen molar-refractivity contribution in [2.24, 2.45) is 0 Å². The molecule has 0 radical (unpaired) electrons. The summed E-state index contributed by atoms with van der Waals surface area (Å²) in [5, 5.41) is 9.57. The van der Waals surface area contributed by atoms with Crippen LogP contribution in [0.3, 0.4) is 0 Å². The van der Waals surface area contributed by atoms with Gasteiger partial charge in [0, 0.05) is 12.6 Å². The van der Waals surface area contributed by atoms with Crippen molar-refractivity contribution in [1.29, 1.82) is 0 Å². The summed E-state index contributed by atoms with van der Waals surface area (Å²) in [5.74, 6) is 0.583. The van der Waals surface area contributed by atoms with E-state index in [0.29, 0.717) is 18.8 Å². The van der Waals surface area contributed by atoms with Crippen LogP contribution in [-0.4, -0.2) is 46.5 Å². The minimum Gasteiger partial charge on any atom is -0.393 e. The van der Waals surface area contributed by atoms with Crippen LogP contribution in [0.25, 0.3) is 0 Å². The fraction of sp³-hybridized carbons (Fsp3) is 0.727. The molecule has 0 bridgehead atoms. The molecule has 7 heteroatoms. The quantitative estimate of drug-likeness (QED) is 0.843. The van der Waals surface area contributed by atoms with Crippen molar-refractivity contribution in [2.75, 3.05) is 6.54 Å². The molecular weight excluding hydrogens is 254 g/mol. The van der Waals surface area contributed by atoms with E-state index in [0.717, 1.165) is 12.8 Å². The van der Waals surface area contributed by atoms with Crippen LogP contribution in [0.5, 0.6) is 0 Å². The van der Waals surface area contributed by atoms with E-state index in [1.54, 1.807) is 13.8 Å². The molecule has 18 heavy (non-hydrogen) atoms. The molecule has 2 rings (SSSR count). The topological polar surface area (TPSA) is 86.3 Å². The second-order valence-corrected chi connectivity index (χ2v) is 6.69. The lowest BCUT2D eigenvalue weighted by atomic mass is 10.1. The van der Waals surface area contributed by atoms with E-state index >= 15 is 0 Å². The zero-order valence-electron chi connectivity index (χ0n) is 10.6. The summed E-state index contributed by atoms with van der Waals surface area (Å²) in [5.41, 5.74) is 0. The summed E-state index contributed by atoms with van der Waals surface area (Å²) in [6.45, 7) is 3.91. The zero-order chi connectivity index (χ0) is 13.3. The van der Waals surface area contributed by atoms with Crippen molar-refractivity contribution in [1.82, 2.24) is 14.3 Å². The maximum absolute atomic E-state index is 12.4. The summed E-state index contributed by atoms with van der Waals surface area (Å²) in [6.07, 6.45) is 2.98. The third kappa shape index (κ3) is 2.57. The van der Waals surface area contributed by atoms with E-state index in [-0.39, 0.29) is 11.1 Å². The fourth-order valence-corrected chi connectivity index (χ4v) is 4.08. The number of hydrogen-bond acceptors (Lipinski definition) is 4. The second kappa shape index (κ2) is 4.99. The molecule has 2 atom stereocenters. The Kier molecular flexibility index (Phi) is 3.74. The Bertz CT molecular complexity index is 509. The van der Waals surface area contributed by atoms with Gasteiger partial charge < -0.3 is 10.1 Å². The SMILES string of the molecule is Cc1ncc(S(=O)(=O)N2CCCC2CC(C)O)[nH]1. The lowest BCUT2D eigenvalue weighted by Gasteiger charge is -2.24. The zero-order valence-corrected chi connectivity index (χ0v) is 11.4. The first-order valence-electron chi connectivity index (χ1n) is 6.13. The molecule has 1 aliphatic heterocycles. The summed E-state index contributed by atoms with van der Waals surface area (Å²) in [6, 6.07) is -0.112. The third-order valence-electron chi connectivity index (χ3n) is 3.20. The lowest BCUT2D eigenvalue weighted by molar-refractivity contribution is 0.157. The number of aryl methyl sites for hydroxylation is 1.